The Morgan fingerprint density at radius 2 is 1.75 bits per heavy atom. The van der Waals surface area contributed by atoms with E-state index in [1.165, 1.54) is 51.4 Å². The standard InChI is InChI=1S/C22H34O2/c1-21-11-9-16(23)13-15(21)5-7-17-18(21)10-12-22-14(6-8-19(17)22)3-2-4-20(22)24/h14-19,23H,2-13H2,1H3/t14-,15-,16+,17?,18?,19?,21-,22-/m0/s1. The number of carbonyl (C=O) groups excluding carboxylic acids is 1. The molecule has 0 amide bonds. The first-order valence-electron chi connectivity index (χ1n) is 10.8. The van der Waals surface area contributed by atoms with E-state index in [0.717, 1.165) is 49.4 Å². The molecule has 0 aliphatic heterocycles. The van der Waals surface area contributed by atoms with Gasteiger partial charge >= 0.3 is 0 Å². The molecule has 0 heterocycles. The molecular formula is C22H34O2. The highest BCUT2D eigenvalue weighted by Gasteiger charge is 2.64. The maximum absolute atomic E-state index is 13.1. The van der Waals surface area contributed by atoms with Gasteiger partial charge in [-0.15, -0.1) is 0 Å². The number of hydrogen-bond acceptors (Lipinski definition) is 2. The van der Waals surface area contributed by atoms with Gasteiger partial charge in [0.15, 0.2) is 0 Å². The molecule has 0 aromatic carbocycles. The van der Waals surface area contributed by atoms with Crippen LogP contribution in [0.2, 0.25) is 0 Å². The van der Waals surface area contributed by atoms with Crippen molar-refractivity contribution in [3.05, 3.63) is 0 Å². The van der Waals surface area contributed by atoms with Gasteiger partial charge in [0, 0.05) is 11.8 Å². The van der Waals surface area contributed by atoms with E-state index in [9.17, 15) is 9.90 Å². The van der Waals surface area contributed by atoms with Crippen LogP contribution in [0.5, 0.6) is 0 Å². The Kier molecular flexibility index (Phi) is 3.51. The monoisotopic (exact) mass is 330 g/mol. The molecule has 0 bridgehead atoms. The summed E-state index contributed by atoms with van der Waals surface area (Å²) in [6.07, 6.45) is 14.4. The predicted molar refractivity (Wildman–Crippen MR) is 94.4 cm³/mol. The van der Waals surface area contributed by atoms with Crippen LogP contribution in [0.25, 0.3) is 0 Å². The maximum Gasteiger partial charge on any atom is 0.139 e. The largest absolute Gasteiger partial charge is 0.393 e. The van der Waals surface area contributed by atoms with Crippen molar-refractivity contribution in [3.63, 3.8) is 0 Å². The summed E-state index contributed by atoms with van der Waals surface area (Å²) in [6, 6.07) is 0. The molecule has 5 fully saturated rings. The lowest BCUT2D eigenvalue weighted by Gasteiger charge is -2.61. The van der Waals surface area contributed by atoms with Gasteiger partial charge in [0.1, 0.15) is 5.78 Å². The fourth-order valence-electron chi connectivity index (χ4n) is 8.74. The van der Waals surface area contributed by atoms with Crippen LogP contribution < -0.4 is 0 Å². The zero-order valence-corrected chi connectivity index (χ0v) is 15.3. The fraction of sp³-hybridized carbons (Fsp3) is 0.955. The van der Waals surface area contributed by atoms with E-state index in [1.807, 2.05) is 0 Å². The summed E-state index contributed by atoms with van der Waals surface area (Å²) >= 11 is 0. The molecule has 1 spiro atoms. The molecule has 3 unspecified atom stereocenters. The molecule has 5 rings (SSSR count). The third-order valence-corrected chi connectivity index (χ3v) is 9.80. The van der Waals surface area contributed by atoms with E-state index in [-0.39, 0.29) is 11.5 Å². The van der Waals surface area contributed by atoms with Crippen LogP contribution in [-0.4, -0.2) is 17.0 Å². The maximum atomic E-state index is 13.1. The SMILES string of the molecule is C[C@]12CC[C@@H](O)C[C@@H]1CCC1C2CC[C@]23C(=O)CCC[C@H]2CCC13. The summed E-state index contributed by atoms with van der Waals surface area (Å²) < 4.78 is 0. The molecule has 1 N–H and O–H groups in total. The van der Waals surface area contributed by atoms with Crippen molar-refractivity contribution in [2.24, 2.45) is 40.4 Å². The zero-order valence-electron chi connectivity index (χ0n) is 15.3. The molecule has 5 saturated carbocycles. The topological polar surface area (TPSA) is 37.3 Å². The number of Topliss-reactive ketones (excluding diaryl/α,β-unsaturated/α-hetero) is 1. The number of aliphatic hydroxyl groups excluding tert-OH is 1. The van der Waals surface area contributed by atoms with Crippen molar-refractivity contribution in [3.8, 4) is 0 Å². The summed E-state index contributed by atoms with van der Waals surface area (Å²) in [5, 5.41) is 10.2. The minimum atomic E-state index is -0.0506. The Bertz CT molecular complexity index is 542. The second kappa shape index (κ2) is 5.32. The predicted octanol–water partition coefficient (Wildman–Crippen LogP) is 4.74. The highest BCUT2D eigenvalue weighted by atomic mass is 16.3. The Morgan fingerprint density at radius 1 is 0.917 bits per heavy atom. The van der Waals surface area contributed by atoms with Gasteiger partial charge in [0.25, 0.3) is 0 Å². The first kappa shape index (κ1) is 15.9. The number of ketones is 1. The van der Waals surface area contributed by atoms with Gasteiger partial charge in [0.05, 0.1) is 6.10 Å². The highest BCUT2D eigenvalue weighted by molar-refractivity contribution is 5.86. The number of aliphatic hydroxyl groups is 1. The van der Waals surface area contributed by atoms with Gasteiger partial charge in [-0.1, -0.05) is 6.92 Å². The van der Waals surface area contributed by atoms with Crippen molar-refractivity contribution >= 4 is 5.78 Å². The molecule has 5 aliphatic rings. The Balaban J connectivity index is 1.48. The normalized spacial score (nSPS) is 56.8. The summed E-state index contributed by atoms with van der Waals surface area (Å²) in [5.41, 5.74) is 0.552. The molecule has 0 aromatic rings. The number of fused-ring (bicyclic) bond motifs is 4. The first-order chi connectivity index (χ1) is 11.6. The molecule has 8 atom stereocenters. The molecule has 0 aromatic heterocycles. The highest BCUT2D eigenvalue weighted by Crippen LogP contribution is 2.69. The van der Waals surface area contributed by atoms with Gasteiger partial charge in [-0.2, -0.15) is 0 Å². The minimum Gasteiger partial charge on any atom is -0.393 e. The van der Waals surface area contributed by atoms with Crippen LogP contribution in [0, 0.1) is 40.4 Å². The number of rotatable bonds is 0. The van der Waals surface area contributed by atoms with E-state index >= 15 is 0 Å². The van der Waals surface area contributed by atoms with Crippen LogP contribution >= 0.6 is 0 Å². The lowest BCUT2D eigenvalue weighted by molar-refractivity contribution is -0.158. The molecule has 2 heteroatoms. The van der Waals surface area contributed by atoms with Crippen molar-refractivity contribution < 1.29 is 9.90 Å². The molecule has 24 heavy (non-hydrogen) atoms. The summed E-state index contributed by atoms with van der Waals surface area (Å²) in [7, 11) is 0. The zero-order chi connectivity index (χ0) is 16.5. The average molecular weight is 331 g/mol. The molecule has 134 valence electrons. The van der Waals surface area contributed by atoms with Crippen LogP contribution in [0.3, 0.4) is 0 Å². The molecule has 5 aliphatic carbocycles. The summed E-state index contributed by atoms with van der Waals surface area (Å²) in [4.78, 5) is 13.1. The van der Waals surface area contributed by atoms with Crippen LogP contribution in [0.4, 0.5) is 0 Å². The van der Waals surface area contributed by atoms with Gasteiger partial charge in [0.2, 0.25) is 0 Å². The lowest BCUT2D eigenvalue weighted by Crippen LogP contribution is -2.57. The third-order valence-electron chi connectivity index (χ3n) is 9.80. The van der Waals surface area contributed by atoms with Crippen molar-refractivity contribution in [1.82, 2.24) is 0 Å². The van der Waals surface area contributed by atoms with Gasteiger partial charge in [-0.05, 0) is 106 Å². The van der Waals surface area contributed by atoms with Gasteiger partial charge in [-0.25, -0.2) is 0 Å². The molecule has 0 radical (unpaired) electrons. The van der Waals surface area contributed by atoms with Crippen molar-refractivity contribution in [1.29, 1.82) is 0 Å². The van der Waals surface area contributed by atoms with Gasteiger partial charge in [-0.3, -0.25) is 4.79 Å². The second-order valence-corrected chi connectivity index (χ2v) is 10.3. The summed E-state index contributed by atoms with van der Waals surface area (Å²) in [6.45, 7) is 2.55. The van der Waals surface area contributed by atoms with Crippen LogP contribution in [-0.2, 0) is 4.79 Å². The fourth-order valence-corrected chi connectivity index (χ4v) is 8.74. The molecule has 2 nitrogen and oxygen atoms in total. The lowest BCUT2D eigenvalue weighted by atomic mass is 9.43. The smallest absolute Gasteiger partial charge is 0.139 e. The third kappa shape index (κ3) is 1.90. The minimum absolute atomic E-state index is 0.0506. The van der Waals surface area contributed by atoms with E-state index in [1.54, 1.807) is 0 Å². The quantitative estimate of drug-likeness (QED) is 0.696. The van der Waals surface area contributed by atoms with E-state index in [0.29, 0.717) is 17.1 Å². The second-order valence-electron chi connectivity index (χ2n) is 10.3. The first-order valence-corrected chi connectivity index (χ1v) is 10.8. The van der Waals surface area contributed by atoms with E-state index in [2.05, 4.69) is 6.92 Å². The van der Waals surface area contributed by atoms with Crippen molar-refractivity contribution in [2.75, 3.05) is 0 Å². The molecular weight excluding hydrogens is 296 g/mol. The van der Waals surface area contributed by atoms with Crippen LogP contribution in [0.1, 0.15) is 84.0 Å². The Hall–Kier alpha value is -0.370. The van der Waals surface area contributed by atoms with E-state index < -0.39 is 0 Å². The van der Waals surface area contributed by atoms with Gasteiger partial charge < -0.3 is 5.11 Å². The number of carbonyl (C=O) groups is 1. The Labute approximate surface area is 146 Å². The molecule has 0 saturated heterocycles. The average Bonchev–Trinajstić information content (AvgIpc) is 2.97. The van der Waals surface area contributed by atoms with Crippen molar-refractivity contribution in [2.45, 2.75) is 90.1 Å². The Morgan fingerprint density at radius 3 is 2.62 bits per heavy atom. The van der Waals surface area contributed by atoms with E-state index in [4.69, 9.17) is 0 Å². The summed E-state index contributed by atoms with van der Waals surface area (Å²) in [5.74, 6) is 4.46. The number of hydrogen-bond donors (Lipinski definition) is 1. The van der Waals surface area contributed by atoms with Crippen LogP contribution in [0.15, 0.2) is 0 Å².